The van der Waals surface area contributed by atoms with Crippen molar-refractivity contribution in [2.45, 2.75) is 13.8 Å². The van der Waals surface area contributed by atoms with Crippen molar-refractivity contribution in [2.24, 2.45) is 0 Å². The number of nitrogens with one attached hydrogen (secondary N) is 1. The Kier molecular flexibility index (Phi) is 8.83. The van der Waals surface area contributed by atoms with Gasteiger partial charge >= 0.3 is 11.9 Å². The van der Waals surface area contributed by atoms with Gasteiger partial charge in [-0.05, 0) is 62.4 Å². The Hall–Kier alpha value is -5.41. The van der Waals surface area contributed by atoms with Crippen molar-refractivity contribution in [2.75, 3.05) is 11.9 Å². The van der Waals surface area contributed by atoms with Crippen LogP contribution in [0.1, 0.15) is 52.6 Å². The van der Waals surface area contributed by atoms with Crippen LogP contribution >= 0.6 is 11.3 Å². The van der Waals surface area contributed by atoms with E-state index in [0.717, 1.165) is 22.4 Å². The van der Waals surface area contributed by atoms with Gasteiger partial charge in [0.1, 0.15) is 5.75 Å². The van der Waals surface area contributed by atoms with Gasteiger partial charge in [-0.2, -0.15) is 0 Å². The summed E-state index contributed by atoms with van der Waals surface area (Å²) in [4.78, 5) is 55.4. The van der Waals surface area contributed by atoms with Gasteiger partial charge in [-0.15, -0.1) is 11.3 Å². The molecule has 1 amide bonds. The Balaban J connectivity index is 1.18. The maximum Gasteiger partial charge on any atom is 0.343 e. The summed E-state index contributed by atoms with van der Waals surface area (Å²) in [7, 11) is 0. The molecule has 1 N–H and O–H groups in total. The number of hydrogen-bond donors (Lipinski definition) is 1. The first-order chi connectivity index (χ1) is 20.8. The van der Waals surface area contributed by atoms with Crippen LogP contribution in [-0.2, 0) is 4.74 Å². The van der Waals surface area contributed by atoms with Crippen LogP contribution in [0.25, 0.3) is 11.3 Å². The van der Waals surface area contributed by atoms with Crippen molar-refractivity contribution >= 4 is 40.1 Å². The number of rotatable bonds is 9. The number of ether oxygens (including phenoxy) is 2. The molecule has 0 fully saturated rings. The summed E-state index contributed by atoms with van der Waals surface area (Å²) in [5.41, 5.74) is 4.58. The molecule has 8 nitrogen and oxygen atoms in total. The van der Waals surface area contributed by atoms with E-state index < -0.39 is 30.2 Å². The molecule has 0 unspecified atom stereocenters. The van der Waals surface area contributed by atoms with Crippen molar-refractivity contribution in [3.8, 4) is 17.0 Å². The standard InChI is InChI=1S/C34H26N2O6S/c1-21-7-11-23(12-8-21)29-20-43-34(35-29)36-31(38)27-5-3-4-6-28(27)33(40)41-19-30(37)24-15-17-26(18-16-24)42-32(39)25-13-9-22(2)10-14-25/h3-18,20H,19H2,1-2H3,(H,35,36,38). The predicted octanol–water partition coefficient (Wildman–Crippen LogP) is 6.94. The van der Waals surface area contributed by atoms with Crippen LogP contribution in [-0.4, -0.2) is 35.2 Å². The minimum atomic E-state index is -0.817. The molecule has 0 atom stereocenters. The van der Waals surface area contributed by atoms with Gasteiger partial charge in [0.05, 0.1) is 22.4 Å². The average Bonchev–Trinajstić information content (AvgIpc) is 3.49. The van der Waals surface area contributed by atoms with E-state index in [2.05, 4.69) is 10.3 Å². The second kappa shape index (κ2) is 13.1. The van der Waals surface area contributed by atoms with Crippen LogP contribution in [0, 0.1) is 13.8 Å². The van der Waals surface area contributed by atoms with Crippen LogP contribution in [0.2, 0.25) is 0 Å². The number of carbonyl (C=O) groups is 4. The van der Waals surface area contributed by atoms with Gasteiger partial charge in [-0.3, -0.25) is 14.9 Å². The molecule has 0 saturated carbocycles. The summed E-state index contributed by atoms with van der Waals surface area (Å²) in [5.74, 6) is -2.05. The summed E-state index contributed by atoms with van der Waals surface area (Å²) in [6, 6.07) is 27.0. The summed E-state index contributed by atoms with van der Waals surface area (Å²) in [6.07, 6.45) is 0. The highest BCUT2D eigenvalue weighted by atomic mass is 32.1. The second-order valence-electron chi connectivity index (χ2n) is 9.68. The predicted molar refractivity (Wildman–Crippen MR) is 164 cm³/mol. The van der Waals surface area contributed by atoms with E-state index in [1.807, 2.05) is 55.6 Å². The fourth-order valence-electron chi connectivity index (χ4n) is 4.07. The maximum atomic E-state index is 13.0. The third-order valence-corrected chi connectivity index (χ3v) is 7.23. The lowest BCUT2D eigenvalue weighted by atomic mass is 10.1. The number of thiazole rings is 1. The number of esters is 2. The monoisotopic (exact) mass is 590 g/mol. The minimum Gasteiger partial charge on any atom is -0.454 e. The quantitative estimate of drug-likeness (QED) is 0.112. The number of nitrogens with zero attached hydrogens (tertiary/aromatic N) is 1. The molecule has 5 rings (SSSR count). The first kappa shape index (κ1) is 29.1. The zero-order chi connectivity index (χ0) is 30.3. The fourth-order valence-corrected chi connectivity index (χ4v) is 4.78. The fraction of sp³-hybridized carbons (Fsp3) is 0.0882. The van der Waals surface area contributed by atoms with Crippen molar-refractivity contribution in [3.63, 3.8) is 0 Å². The van der Waals surface area contributed by atoms with Crippen LogP contribution in [0.4, 0.5) is 5.13 Å². The van der Waals surface area contributed by atoms with Gasteiger partial charge in [0, 0.05) is 16.5 Å². The van der Waals surface area contributed by atoms with Crippen LogP contribution in [0.5, 0.6) is 5.75 Å². The van der Waals surface area contributed by atoms with Gasteiger partial charge in [-0.1, -0.05) is 59.7 Å². The first-order valence-electron chi connectivity index (χ1n) is 13.3. The van der Waals surface area contributed by atoms with Crippen molar-refractivity contribution < 1.29 is 28.7 Å². The van der Waals surface area contributed by atoms with E-state index in [1.165, 1.54) is 47.7 Å². The highest BCUT2D eigenvalue weighted by Crippen LogP contribution is 2.26. The number of Topliss-reactive ketones (excluding diaryl/α,β-unsaturated/α-hetero) is 1. The Bertz CT molecular complexity index is 1790. The van der Waals surface area contributed by atoms with Gasteiger partial charge in [-0.25, -0.2) is 14.6 Å². The molecule has 0 saturated heterocycles. The van der Waals surface area contributed by atoms with Crippen molar-refractivity contribution in [1.29, 1.82) is 0 Å². The number of anilines is 1. The normalized spacial score (nSPS) is 10.6. The highest BCUT2D eigenvalue weighted by molar-refractivity contribution is 7.14. The molecule has 0 aliphatic rings. The molecule has 1 aromatic heterocycles. The first-order valence-corrected chi connectivity index (χ1v) is 14.2. The smallest absolute Gasteiger partial charge is 0.343 e. The van der Waals surface area contributed by atoms with Gasteiger partial charge in [0.25, 0.3) is 5.91 Å². The van der Waals surface area contributed by atoms with Gasteiger partial charge in [0.2, 0.25) is 0 Å². The number of aromatic nitrogens is 1. The lowest BCUT2D eigenvalue weighted by molar-refractivity contribution is 0.0472. The third kappa shape index (κ3) is 7.27. The molecule has 0 spiro atoms. The summed E-state index contributed by atoms with van der Waals surface area (Å²) in [5, 5.41) is 4.96. The molecular formula is C34H26N2O6S. The molecule has 9 heteroatoms. The Labute approximate surface area is 251 Å². The Morgan fingerprint density at radius 2 is 1.33 bits per heavy atom. The Morgan fingerprint density at radius 1 is 0.721 bits per heavy atom. The molecule has 5 aromatic rings. The number of benzene rings is 4. The van der Waals surface area contributed by atoms with E-state index in [1.54, 1.807) is 24.3 Å². The molecule has 0 bridgehead atoms. The summed E-state index contributed by atoms with van der Waals surface area (Å²) < 4.78 is 10.6. The highest BCUT2D eigenvalue weighted by Gasteiger charge is 2.20. The Morgan fingerprint density at radius 3 is 2.00 bits per heavy atom. The SMILES string of the molecule is Cc1ccc(C(=O)Oc2ccc(C(=O)COC(=O)c3ccccc3C(=O)Nc3nc(-c4ccc(C)cc4)cs3)cc2)cc1. The molecular weight excluding hydrogens is 564 g/mol. The van der Waals surface area contributed by atoms with Crippen molar-refractivity contribution in [1.82, 2.24) is 4.98 Å². The van der Waals surface area contributed by atoms with E-state index in [0.29, 0.717) is 10.7 Å². The summed E-state index contributed by atoms with van der Waals surface area (Å²) >= 11 is 1.27. The number of aryl methyl sites for hydroxylation is 2. The lowest BCUT2D eigenvalue weighted by Crippen LogP contribution is -2.19. The second-order valence-corrected chi connectivity index (χ2v) is 10.5. The minimum absolute atomic E-state index is 0.0153. The third-order valence-electron chi connectivity index (χ3n) is 6.47. The zero-order valence-corrected chi connectivity index (χ0v) is 24.1. The van der Waals surface area contributed by atoms with E-state index in [-0.39, 0.29) is 22.4 Å². The molecule has 4 aromatic carbocycles. The van der Waals surface area contributed by atoms with Gasteiger partial charge in [0.15, 0.2) is 17.5 Å². The van der Waals surface area contributed by atoms with E-state index >= 15 is 0 Å². The molecule has 0 radical (unpaired) electrons. The summed E-state index contributed by atoms with van der Waals surface area (Å²) in [6.45, 7) is 3.38. The lowest BCUT2D eigenvalue weighted by Gasteiger charge is -2.09. The van der Waals surface area contributed by atoms with Gasteiger partial charge < -0.3 is 9.47 Å². The average molecular weight is 591 g/mol. The molecule has 214 valence electrons. The molecule has 0 aliphatic carbocycles. The van der Waals surface area contributed by atoms with Crippen molar-refractivity contribution in [3.05, 3.63) is 136 Å². The number of carbonyl (C=O) groups excluding carboxylic acids is 4. The number of hydrogen-bond acceptors (Lipinski definition) is 8. The number of ketones is 1. The zero-order valence-electron chi connectivity index (χ0n) is 23.3. The maximum absolute atomic E-state index is 13.0. The molecule has 43 heavy (non-hydrogen) atoms. The topological polar surface area (TPSA) is 112 Å². The molecule has 1 heterocycles. The van der Waals surface area contributed by atoms with E-state index in [9.17, 15) is 19.2 Å². The largest absolute Gasteiger partial charge is 0.454 e. The van der Waals surface area contributed by atoms with Crippen LogP contribution in [0.3, 0.4) is 0 Å². The van der Waals surface area contributed by atoms with E-state index in [4.69, 9.17) is 9.47 Å². The number of amides is 1. The molecule has 0 aliphatic heterocycles. The van der Waals surface area contributed by atoms with Crippen LogP contribution in [0.15, 0.2) is 102 Å². The van der Waals surface area contributed by atoms with Crippen LogP contribution < -0.4 is 10.1 Å².